The molecule has 0 unspecified atom stereocenters. The Morgan fingerprint density at radius 1 is 1.00 bits per heavy atom. The Kier molecular flexibility index (Phi) is 12.9. The SMILES string of the molecule is C=CCNC(=O)CN1CCN(CCC(=O)N2CCNCC2)CC1.Cl.Cl. The number of halogens is 2. The van der Waals surface area contributed by atoms with Crippen LogP contribution in [0.15, 0.2) is 12.7 Å². The van der Waals surface area contributed by atoms with E-state index in [2.05, 4.69) is 27.0 Å². The quantitative estimate of drug-likeness (QED) is 0.572. The summed E-state index contributed by atoms with van der Waals surface area (Å²) in [5, 5.41) is 6.06. The first-order valence-electron chi connectivity index (χ1n) is 8.50. The zero-order valence-electron chi connectivity index (χ0n) is 14.7. The zero-order valence-corrected chi connectivity index (χ0v) is 16.4. The molecule has 2 aliphatic heterocycles. The van der Waals surface area contributed by atoms with Crippen molar-refractivity contribution in [2.45, 2.75) is 6.42 Å². The number of nitrogens with one attached hydrogen (secondary N) is 2. The maximum absolute atomic E-state index is 12.2. The normalized spacial score (nSPS) is 18.6. The topological polar surface area (TPSA) is 67.9 Å². The Morgan fingerprint density at radius 3 is 2.20 bits per heavy atom. The highest BCUT2D eigenvalue weighted by atomic mass is 35.5. The minimum atomic E-state index is 0. The average Bonchev–Trinajstić information content (AvgIpc) is 2.60. The lowest BCUT2D eigenvalue weighted by atomic mass is 10.2. The minimum Gasteiger partial charge on any atom is -0.352 e. The van der Waals surface area contributed by atoms with Gasteiger partial charge >= 0.3 is 0 Å². The third kappa shape index (κ3) is 8.87. The maximum atomic E-state index is 12.2. The first-order chi connectivity index (χ1) is 11.2. The van der Waals surface area contributed by atoms with Crippen LogP contribution in [0.1, 0.15) is 6.42 Å². The number of hydrogen-bond donors (Lipinski definition) is 2. The summed E-state index contributed by atoms with van der Waals surface area (Å²) >= 11 is 0. The monoisotopic (exact) mass is 395 g/mol. The first-order valence-corrected chi connectivity index (χ1v) is 8.50. The molecule has 2 amide bonds. The summed E-state index contributed by atoms with van der Waals surface area (Å²) in [6.07, 6.45) is 2.28. The highest BCUT2D eigenvalue weighted by molar-refractivity contribution is 5.85. The third-order valence-corrected chi connectivity index (χ3v) is 4.39. The molecule has 7 nitrogen and oxygen atoms in total. The van der Waals surface area contributed by atoms with Crippen LogP contribution in [0.3, 0.4) is 0 Å². The van der Waals surface area contributed by atoms with E-state index in [1.807, 2.05) is 4.90 Å². The third-order valence-electron chi connectivity index (χ3n) is 4.39. The fourth-order valence-electron chi connectivity index (χ4n) is 2.94. The standard InChI is InChI=1S/C16H29N5O2.2ClH/c1-2-4-18-15(22)14-20-12-10-19(11-13-20)7-3-16(23)21-8-5-17-6-9-21;;/h2,17H,1,3-14H2,(H,18,22);2*1H. The second-order valence-electron chi connectivity index (χ2n) is 6.09. The summed E-state index contributed by atoms with van der Waals surface area (Å²) in [6, 6.07) is 0. The highest BCUT2D eigenvalue weighted by Gasteiger charge is 2.21. The lowest BCUT2D eigenvalue weighted by Crippen LogP contribution is -2.50. The molecule has 0 aromatic carbocycles. The minimum absolute atomic E-state index is 0. The molecule has 2 fully saturated rings. The van der Waals surface area contributed by atoms with Crippen molar-refractivity contribution in [3.8, 4) is 0 Å². The highest BCUT2D eigenvalue weighted by Crippen LogP contribution is 2.04. The molecule has 25 heavy (non-hydrogen) atoms. The van der Waals surface area contributed by atoms with Gasteiger partial charge in [-0.2, -0.15) is 0 Å². The molecule has 9 heteroatoms. The number of carbonyl (C=O) groups excluding carboxylic acids is 2. The van der Waals surface area contributed by atoms with Crippen LogP contribution in [0, 0.1) is 0 Å². The summed E-state index contributed by atoms with van der Waals surface area (Å²) in [5.41, 5.74) is 0. The van der Waals surface area contributed by atoms with Crippen LogP contribution in [0.4, 0.5) is 0 Å². The van der Waals surface area contributed by atoms with Gasteiger partial charge in [-0.3, -0.25) is 14.5 Å². The summed E-state index contributed by atoms with van der Waals surface area (Å²) in [5.74, 6) is 0.310. The van der Waals surface area contributed by atoms with Gasteiger partial charge in [0, 0.05) is 71.9 Å². The molecule has 2 heterocycles. The van der Waals surface area contributed by atoms with Crippen molar-refractivity contribution in [1.29, 1.82) is 0 Å². The summed E-state index contributed by atoms with van der Waals surface area (Å²) in [7, 11) is 0. The van der Waals surface area contributed by atoms with Crippen molar-refractivity contribution in [3.63, 3.8) is 0 Å². The Hall–Kier alpha value is -0.860. The van der Waals surface area contributed by atoms with Gasteiger partial charge in [0.25, 0.3) is 0 Å². The number of nitrogens with zero attached hydrogens (tertiary/aromatic N) is 3. The van der Waals surface area contributed by atoms with Crippen LogP contribution >= 0.6 is 24.8 Å². The molecule has 2 aliphatic rings. The lowest BCUT2D eigenvalue weighted by molar-refractivity contribution is -0.132. The molecule has 0 spiro atoms. The van der Waals surface area contributed by atoms with E-state index in [9.17, 15) is 9.59 Å². The predicted octanol–water partition coefficient (Wildman–Crippen LogP) is -0.428. The lowest BCUT2D eigenvalue weighted by Gasteiger charge is -2.34. The van der Waals surface area contributed by atoms with Crippen molar-refractivity contribution in [2.24, 2.45) is 0 Å². The number of hydrogen-bond acceptors (Lipinski definition) is 5. The Balaban J connectivity index is 0.00000288. The van der Waals surface area contributed by atoms with Gasteiger partial charge in [-0.25, -0.2) is 0 Å². The predicted molar refractivity (Wildman–Crippen MR) is 105 cm³/mol. The Bertz CT molecular complexity index is 411. The van der Waals surface area contributed by atoms with E-state index in [4.69, 9.17) is 0 Å². The summed E-state index contributed by atoms with van der Waals surface area (Å²) in [6.45, 7) is 12.4. The van der Waals surface area contributed by atoms with Crippen LogP contribution in [0.2, 0.25) is 0 Å². The molecule has 2 N–H and O–H groups in total. The van der Waals surface area contributed by atoms with E-state index in [1.165, 1.54) is 0 Å². The van der Waals surface area contributed by atoms with Gasteiger partial charge in [-0.15, -0.1) is 31.4 Å². The molecule has 146 valence electrons. The van der Waals surface area contributed by atoms with Crippen LogP contribution in [0.5, 0.6) is 0 Å². The van der Waals surface area contributed by atoms with E-state index in [0.717, 1.165) is 58.9 Å². The largest absolute Gasteiger partial charge is 0.352 e. The molecule has 0 aromatic heterocycles. The Labute approximate surface area is 163 Å². The van der Waals surface area contributed by atoms with E-state index >= 15 is 0 Å². The second kappa shape index (κ2) is 13.4. The molecule has 0 atom stereocenters. The molecule has 2 saturated heterocycles. The number of piperazine rings is 2. The smallest absolute Gasteiger partial charge is 0.234 e. The van der Waals surface area contributed by atoms with Crippen LogP contribution in [-0.4, -0.2) is 98.5 Å². The summed E-state index contributed by atoms with van der Waals surface area (Å²) in [4.78, 5) is 30.3. The first kappa shape index (κ1) is 24.1. The second-order valence-corrected chi connectivity index (χ2v) is 6.09. The van der Waals surface area contributed by atoms with Crippen molar-refractivity contribution >= 4 is 36.6 Å². The molecule has 2 rings (SSSR count). The zero-order chi connectivity index (χ0) is 16.5. The van der Waals surface area contributed by atoms with Crippen LogP contribution < -0.4 is 10.6 Å². The van der Waals surface area contributed by atoms with Crippen LogP contribution in [-0.2, 0) is 9.59 Å². The Morgan fingerprint density at radius 2 is 1.60 bits per heavy atom. The van der Waals surface area contributed by atoms with Gasteiger partial charge < -0.3 is 20.4 Å². The van der Waals surface area contributed by atoms with Crippen LogP contribution in [0.25, 0.3) is 0 Å². The number of amides is 2. The van der Waals surface area contributed by atoms with Gasteiger partial charge in [0.2, 0.25) is 11.8 Å². The maximum Gasteiger partial charge on any atom is 0.234 e. The van der Waals surface area contributed by atoms with Crippen molar-refractivity contribution < 1.29 is 9.59 Å². The molecule has 0 saturated carbocycles. The molecular weight excluding hydrogens is 365 g/mol. The average molecular weight is 396 g/mol. The van der Waals surface area contributed by atoms with Crippen molar-refractivity contribution in [2.75, 3.05) is 72.0 Å². The van der Waals surface area contributed by atoms with Gasteiger partial charge in [0.15, 0.2) is 0 Å². The van der Waals surface area contributed by atoms with Gasteiger partial charge in [0.05, 0.1) is 6.54 Å². The molecule has 0 radical (unpaired) electrons. The van der Waals surface area contributed by atoms with Gasteiger partial charge in [0.1, 0.15) is 0 Å². The van der Waals surface area contributed by atoms with Crippen molar-refractivity contribution in [3.05, 3.63) is 12.7 Å². The number of rotatable bonds is 7. The van der Waals surface area contributed by atoms with Gasteiger partial charge in [-0.05, 0) is 0 Å². The number of carbonyl (C=O) groups is 2. The summed E-state index contributed by atoms with van der Waals surface area (Å²) < 4.78 is 0. The molecule has 0 aromatic rings. The van der Waals surface area contributed by atoms with E-state index < -0.39 is 0 Å². The van der Waals surface area contributed by atoms with Crippen molar-refractivity contribution in [1.82, 2.24) is 25.3 Å². The van der Waals surface area contributed by atoms with E-state index in [-0.39, 0.29) is 36.6 Å². The fraction of sp³-hybridized carbons (Fsp3) is 0.750. The molecule has 0 bridgehead atoms. The molecule has 0 aliphatic carbocycles. The van der Waals surface area contributed by atoms with E-state index in [1.54, 1.807) is 6.08 Å². The van der Waals surface area contributed by atoms with E-state index in [0.29, 0.717) is 19.5 Å². The van der Waals surface area contributed by atoms with Gasteiger partial charge in [-0.1, -0.05) is 6.08 Å². The molecular formula is C16H31Cl2N5O2. The fourth-order valence-corrected chi connectivity index (χ4v) is 2.94.